The number of anilines is 1. The highest BCUT2D eigenvalue weighted by molar-refractivity contribution is 5.68. The van der Waals surface area contributed by atoms with Crippen molar-refractivity contribution in [3.8, 4) is 0 Å². The SMILES string of the molecule is O=C(O)CC1COCCN1c1ncc(F)cn1. The molecule has 0 aromatic carbocycles. The van der Waals surface area contributed by atoms with Crippen molar-refractivity contribution in [3.05, 3.63) is 18.2 Å². The summed E-state index contributed by atoms with van der Waals surface area (Å²) in [5.74, 6) is -1.09. The van der Waals surface area contributed by atoms with E-state index in [9.17, 15) is 9.18 Å². The maximum absolute atomic E-state index is 12.7. The Kier molecular flexibility index (Phi) is 3.48. The molecule has 17 heavy (non-hydrogen) atoms. The molecular weight excluding hydrogens is 229 g/mol. The highest BCUT2D eigenvalue weighted by atomic mass is 19.1. The number of ether oxygens (including phenoxy) is 1. The highest BCUT2D eigenvalue weighted by Gasteiger charge is 2.27. The number of halogens is 1. The summed E-state index contributed by atoms with van der Waals surface area (Å²) >= 11 is 0. The first kappa shape index (κ1) is 11.7. The van der Waals surface area contributed by atoms with Gasteiger partial charge in [0.05, 0.1) is 38.1 Å². The van der Waals surface area contributed by atoms with Crippen molar-refractivity contribution < 1.29 is 19.0 Å². The van der Waals surface area contributed by atoms with Crippen LogP contribution in [0.4, 0.5) is 10.3 Å². The van der Waals surface area contributed by atoms with Gasteiger partial charge in [0.2, 0.25) is 5.95 Å². The number of aromatic nitrogens is 2. The molecule has 1 aromatic heterocycles. The predicted molar refractivity (Wildman–Crippen MR) is 56.2 cm³/mol. The van der Waals surface area contributed by atoms with Gasteiger partial charge in [-0.2, -0.15) is 0 Å². The fraction of sp³-hybridized carbons (Fsp3) is 0.500. The molecule has 1 fully saturated rings. The van der Waals surface area contributed by atoms with Gasteiger partial charge in [0.25, 0.3) is 0 Å². The molecule has 1 atom stereocenters. The van der Waals surface area contributed by atoms with Gasteiger partial charge in [-0.25, -0.2) is 14.4 Å². The van der Waals surface area contributed by atoms with Crippen molar-refractivity contribution in [2.24, 2.45) is 0 Å². The second-order valence-corrected chi connectivity index (χ2v) is 3.72. The summed E-state index contributed by atoms with van der Waals surface area (Å²) in [5.41, 5.74) is 0. The summed E-state index contributed by atoms with van der Waals surface area (Å²) in [4.78, 5) is 20.2. The van der Waals surface area contributed by atoms with Crippen LogP contribution >= 0.6 is 0 Å². The smallest absolute Gasteiger partial charge is 0.305 e. The molecule has 6 nitrogen and oxygen atoms in total. The third kappa shape index (κ3) is 2.88. The van der Waals surface area contributed by atoms with Gasteiger partial charge in [0.15, 0.2) is 5.82 Å². The largest absolute Gasteiger partial charge is 0.481 e. The molecule has 1 unspecified atom stereocenters. The first-order valence-corrected chi connectivity index (χ1v) is 5.20. The molecular formula is C10H12FN3O3. The Morgan fingerprint density at radius 2 is 2.29 bits per heavy atom. The zero-order valence-electron chi connectivity index (χ0n) is 9.04. The van der Waals surface area contributed by atoms with Crippen molar-refractivity contribution in [3.63, 3.8) is 0 Å². The lowest BCUT2D eigenvalue weighted by Gasteiger charge is -2.34. The van der Waals surface area contributed by atoms with E-state index in [0.29, 0.717) is 25.7 Å². The first-order chi connectivity index (χ1) is 8.16. The molecule has 1 saturated heterocycles. The third-order valence-corrected chi connectivity index (χ3v) is 2.50. The molecule has 0 spiro atoms. The van der Waals surface area contributed by atoms with E-state index in [-0.39, 0.29) is 12.5 Å². The van der Waals surface area contributed by atoms with Gasteiger partial charge >= 0.3 is 5.97 Å². The summed E-state index contributed by atoms with van der Waals surface area (Å²) in [7, 11) is 0. The predicted octanol–water partition coefficient (Wildman–Crippen LogP) is 0.296. The Bertz CT molecular complexity index is 398. The number of nitrogens with zero attached hydrogens (tertiary/aromatic N) is 3. The van der Waals surface area contributed by atoms with Gasteiger partial charge in [0.1, 0.15) is 0 Å². The fourth-order valence-electron chi connectivity index (χ4n) is 1.74. The lowest BCUT2D eigenvalue weighted by Crippen LogP contribution is -2.47. The summed E-state index contributed by atoms with van der Waals surface area (Å²) in [6.07, 6.45) is 2.08. The summed E-state index contributed by atoms with van der Waals surface area (Å²) < 4.78 is 17.9. The van der Waals surface area contributed by atoms with Crippen LogP contribution in [0, 0.1) is 5.82 Å². The van der Waals surface area contributed by atoms with Crippen LogP contribution in [-0.2, 0) is 9.53 Å². The van der Waals surface area contributed by atoms with Crippen LogP contribution in [0.25, 0.3) is 0 Å². The van der Waals surface area contributed by atoms with Crippen molar-refractivity contribution in [1.29, 1.82) is 0 Å². The summed E-state index contributed by atoms with van der Waals surface area (Å²) in [6, 6.07) is -0.313. The number of hydrogen-bond donors (Lipinski definition) is 1. The van der Waals surface area contributed by atoms with Gasteiger partial charge in [0, 0.05) is 6.54 Å². The minimum atomic E-state index is -0.910. The molecule has 0 saturated carbocycles. The summed E-state index contributed by atoms with van der Waals surface area (Å²) in [6.45, 7) is 1.30. The molecule has 92 valence electrons. The van der Waals surface area contributed by atoms with Crippen LogP contribution < -0.4 is 4.90 Å². The Hall–Kier alpha value is -1.76. The highest BCUT2D eigenvalue weighted by Crippen LogP contribution is 2.16. The van der Waals surface area contributed by atoms with E-state index < -0.39 is 11.8 Å². The van der Waals surface area contributed by atoms with Gasteiger partial charge in [-0.3, -0.25) is 4.79 Å². The number of hydrogen-bond acceptors (Lipinski definition) is 5. The van der Waals surface area contributed by atoms with Crippen molar-refractivity contribution in [2.45, 2.75) is 12.5 Å². The van der Waals surface area contributed by atoms with Crippen molar-refractivity contribution in [2.75, 3.05) is 24.7 Å². The fourth-order valence-corrected chi connectivity index (χ4v) is 1.74. The normalized spacial score (nSPS) is 20.3. The van der Waals surface area contributed by atoms with Crippen LogP contribution in [0.3, 0.4) is 0 Å². The van der Waals surface area contributed by atoms with Crippen LogP contribution in [0.5, 0.6) is 0 Å². The average Bonchev–Trinajstić information content (AvgIpc) is 2.30. The molecule has 0 radical (unpaired) electrons. The molecule has 1 aromatic rings. The van der Waals surface area contributed by atoms with Crippen LogP contribution in [0.15, 0.2) is 12.4 Å². The second-order valence-electron chi connectivity index (χ2n) is 3.72. The second kappa shape index (κ2) is 5.05. The number of morpholine rings is 1. The maximum Gasteiger partial charge on any atom is 0.305 e. The Balaban J connectivity index is 2.15. The molecule has 2 rings (SSSR count). The quantitative estimate of drug-likeness (QED) is 0.820. The van der Waals surface area contributed by atoms with Crippen LogP contribution in [0.2, 0.25) is 0 Å². The zero-order chi connectivity index (χ0) is 12.3. The van der Waals surface area contributed by atoms with Gasteiger partial charge in [-0.15, -0.1) is 0 Å². The molecule has 1 aliphatic rings. The molecule has 0 aliphatic carbocycles. The molecule has 7 heteroatoms. The average molecular weight is 241 g/mol. The van der Waals surface area contributed by atoms with E-state index in [4.69, 9.17) is 9.84 Å². The lowest BCUT2D eigenvalue weighted by atomic mass is 10.1. The molecule has 1 aliphatic heterocycles. The van der Waals surface area contributed by atoms with E-state index in [2.05, 4.69) is 9.97 Å². The lowest BCUT2D eigenvalue weighted by molar-refractivity contribution is -0.138. The first-order valence-electron chi connectivity index (χ1n) is 5.20. The Morgan fingerprint density at radius 1 is 1.59 bits per heavy atom. The molecule has 0 bridgehead atoms. The topological polar surface area (TPSA) is 75.6 Å². The third-order valence-electron chi connectivity index (χ3n) is 2.50. The standard InChI is InChI=1S/C10H12FN3O3/c11-7-4-12-10(13-5-7)14-1-2-17-6-8(14)3-9(15)16/h4-5,8H,1-3,6H2,(H,15,16). The van der Waals surface area contributed by atoms with E-state index in [1.807, 2.05) is 0 Å². The molecule has 1 N–H and O–H groups in total. The van der Waals surface area contributed by atoms with Gasteiger partial charge in [-0.05, 0) is 0 Å². The number of carbonyl (C=O) groups is 1. The Morgan fingerprint density at radius 3 is 2.94 bits per heavy atom. The van der Waals surface area contributed by atoms with Gasteiger partial charge < -0.3 is 14.7 Å². The van der Waals surface area contributed by atoms with Gasteiger partial charge in [-0.1, -0.05) is 0 Å². The summed E-state index contributed by atoms with van der Waals surface area (Å²) in [5, 5.41) is 8.79. The Labute approximate surface area is 97.0 Å². The van der Waals surface area contributed by atoms with E-state index in [0.717, 1.165) is 12.4 Å². The minimum Gasteiger partial charge on any atom is -0.481 e. The number of carboxylic acid groups (broad SMARTS) is 1. The monoisotopic (exact) mass is 241 g/mol. The van der Waals surface area contributed by atoms with Crippen LogP contribution in [-0.4, -0.2) is 46.8 Å². The number of carboxylic acids is 1. The van der Waals surface area contributed by atoms with E-state index in [1.54, 1.807) is 4.90 Å². The maximum atomic E-state index is 12.7. The van der Waals surface area contributed by atoms with Crippen LogP contribution in [0.1, 0.15) is 6.42 Å². The number of aliphatic carboxylic acids is 1. The van der Waals surface area contributed by atoms with Crippen molar-refractivity contribution in [1.82, 2.24) is 9.97 Å². The van der Waals surface area contributed by atoms with E-state index in [1.165, 1.54) is 0 Å². The molecule has 0 amide bonds. The van der Waals surface area contributed by atoms with E-state index >= 15 is 0 Å². The zero-order valence-corrected chi connectivity index (χ0v) is 9.04. The molecule has 2 heterocycles. The van der Waals surface area contributed by atoms with Crippen molar-refractivity contribution >= 4 is 11.9 Å². The minimum absolute atomic E-state index is 0.0548. The number of rotatable bonds is 3.